The van der Waals surface area contributed by atoms with Crippen LogP contribution in [0.25, 0.3) is 17.0 Å². The predicted octanol–water partition coefficient (Wildman–Crippen LogP) is 7.21. The number of carbonyl (C=O) groups excluding carboxylic acids is 2. The van der Waals surface area contributed by atoms with Gasteiger partial charge in [0.2, 0.25) is 5.84 Å². The molecule has 0 saturated heterocycles. The van der Waals surface area contributed by atoms with E-state index in [0.717, 1.165) is 16.5 Å². The molecule has 0 radical (unpaired) electrons. The fourth-order valence-corrected chi connectivity index (χ4v) is 4.76. The van der Waals surface area contributed by atoms with E-state index < -0.39 is 5.91 Å². The Bertz CT molecular complexity index is 2010. The molecule has 0 atom stereocenters. The maximum Gasteiger partial charge on any atom is 0.282 e. The van der Waals surface area contributed by atoms with E-state index >= 15 is 0 Å². The number of para-hydroxylation sites is 2. The molecule has 5 aromatic rings. The zero-order valence-corrected chi connectivity index (χ0v) is 24.0. The number of phenols is 1. The fraction of sp³-hybridized carbons (Fsp3) is 0.0303. The molecule has 0 saturated carbocycles. The molecule has 3 N–H and O–H groups in total. The number of fused-ring (bicyclic) bond motifs is 1. The molecule has 10 nitrogen and oxygen atoms in total. The summed E-state index contributed by atoms with van der Waals surface area (Å²) in [5, 5.41) is 24.3. The van der Waals surface area contributed by atoms with Gasteiger partial charge in [-0.05, 0) is 79.7 Å². The molecular formula is C33H24ClN7O3. The molecular weight excluding hydrogens is 578 g/mol. The Kier molecular flexibility index (Phi) is 7.81. The highest BCUT2D eigenvalue weighted by atomic mass is 35.5. The molecule has 11 heteroatoms. The molecule has 6 rings (SSSR count). The highest BCUT2D eigenvalue weighted by Crippen LogP contribution is 2.28. The molecule has 0 unspecified atom stereocenters. The van der Waals surface area contributed by atoms with E-state index in [9.17, 15) is 14.7 Å². The Labute approximate surface area is 256 Å². The number of phenolic OH excluding ortho intramolecular Hbond substituents is 1. The Morgan fingerprint density at radius 3 is 2.48 bits per heavy atom. The number of aromatic amines is 1. The summed E-state index contributed by atoms with van der Waals surface area (Å²) in [6.07, 6.45) is 3.61. The van der Waals surface area contributed by atoms with Crippen LogP contribution in [0.2, 0.25) is 5.02 Å². The van der Waals surface area contributed by atoms with Crippen LogP contribution in [0.1, 0.15) is 28.4 Å². The van der Waals surface area contributed by atoms with Crippen LogP contribution in [0.15, 0.2) is 129 Å². The summed E-state index contributed by atoms with van der Waals surface area (Å²) in [5.74, 6) is -0.365. The molecule has 0 spiro atoms. The van der Waals surface area contributed by atoms with Crippen molar-refractivity contribution in [2.24, 2.45) is 20.3 Å². The van der Waals surface area contributed by atoms with E-state index in [1.54, 1.807) is 79.7 Å². The SMILES string of the molecule is CC1=N/C(=C/c2c[nH]c3ccccc23)C(=O)N1c1ccc(C(=O)N/N=C(\N=Nc2ccc(Cl)cc2)c2ccccc2O)cc1. The van der Waals surface area contributed by atoms with Gasteiger partial charge in [0.05, 0.1) is 16.9 Å². The van der Waals surface area contributed by atoms with Gasteiger partial charge in [-0.25, -0.2) is 10.4 Å². The lowest BCUT2D eigenvalue weighted by Gasteiger charge is -2.16. The van der Waals surface area contributed by atoms with Crippen molar-refractivity contribution in [3.63, 3.8) is 0 Å². The van der Waals surface area contributed by atoms with Gasteiger partial charge in [0.15, 0.2) is 0 Å². The van der Waals surface area contributed by atoms with Crippen LogP contribution in [0.3, 0.4) is 0 Å². The summed E-state index contributed by atoms with van der Waals surface area (Å²) in [7, 11) is 0. The van der Waals surface area contributed by atoms with Gasteiger partial charge in [0.1, 0.15) is 17.3 Å². The summed E-state index contributed by atoms with van der Waals surface area (Å²) < 4.78 is 0. The third-order valence-electron chi connectivity index (χ3n) is 6.82. The van der Waals surface area contributed by atoms with Gasteiger partial charge in [-0.15, -0.1) is 15.3 Å². The molecule has 216 valence electrons. The van der Waals surface area contributed by atoms with E-state index in [1.165, 1.54) is 11.0 Å². The van der Waals surface area contributed by atoms with Crippen molar-refractivity contribution in [2.75, 3.05) is 4.90 Å². The van der Waals surface area contributed by atoms with Crippen LogP contribution < -0.4 is 10.3 Å². The molecule has 1 aliphatic heterocycles. The fourth-order valence-electron chi connectivity index (χ4n) is 4.63. The van der Waals surface area contributed by atoms with Crippen molar-refractivity contribution in [1.82, 2.24) is 10.4 Å². The molecule has 1 aromatic heterocycles. The minimum atomic E-state index is -0.524. The largest absolute Gasteiger partial charge is 0.507 e. The summed E-state index contributed by atoms with van der Waals surface area (Å²) in [4.78, 5) is 35.5. The van der Waals surface area contributed by atoms with Crippen LogP contribution in [0, 0.1) is 0 Å². The molecule has 0 aliphatic carbocycles. The highest BCUT2D eigenvalue weighted by molar-refractivity contribution is 6.30. The summed E-state index contributed by atoms with van der Waals surface area (Å²) in [6, 6.07) is 27.4. The van der Waals surface area contributed by atoms with Crippen molar-refractivity contribution in [1.29, 1.82) is 0 Å². The Balaban J connectivity index is 1.19. The number of aromatic hydroxyl groups is 1. The number of anilines is 1. The van der Waals surface area contributed by atoms with Gasteiger partial charge in [0, 0.05) is 33.2 Å². The minimum absolute atomic E-state index is 0.00737. The van der Waals surface area contributed by atoms with Crippen molar-refractivity contribution in [3.8, 4) is 5.75 Å². The lowest BCUT2D eigenvalue weighted by atomic mass is 10.1. The second kappa shape index (κ2) is 12.2. The summed E-state index contributed by atoms with van der Waals surface area (Å²) in [6.45, 7) is 1.75. The number of amides is 2. The predicted molar refractivity (Wildman–Crippen MR) is 171 cm³/mol. The molecule has 2 amide bonds. The quantitative estimate of drug-likeness (QED) is 0.0624. The van der Waals surface area contributed by atoms with Crippen molar-refractivity contribution >= 4 is 63.4 Å². The zero-order chi connectivity index (χ0) is 30.6. The van der Waals surface area contributed by atoms with Gasteiger partial charge >= 0.3 is 0 Å². The number of hydrogen-bond acceptors (Lipinski definition) is 6. The number of amidine groups is 2. The first-order valence-electron chi connectivity index (χ1n) is 13.5. The van der Waals surface area contributed by atoms with E-state index in [-0.39, 0.29) is 23.1 Å². The molecule has 0 fully saturated rings. The number of halogens is 1. The van der Waals surface area contributed by atoms with E-state index in [4.69, 9.17) is 11.6 Å². The second-order valence-electron chi connectivity index (χ2n) is 9.74. The summed E-state index contributed by atoms with van der Waals surface area (Å²) in [5.41, 5.74) is 6.26. The van der Waals surface area contributed by atoms with Gasteiger partial charge in [-0.2, -0.15) is 0 Å². The first-order chi connectivity index (χ1) is 21.4. The van der Waals surface area contributed by atoms with Crippen LogP contribution in [0.5, 0.6) is 5.75 Å². The average molecular weight is 602 g/mol. The van der Waals surface area contributed by atoms with E-state index in [2.05, 4.69) is 30.7 Å². The van der Waals surface area contributed by atoms with Gasteiger partial charge < -0.3 is 10.1 Å². The van der Waals surface area contributed by atoms with Crippen LogP contribution in [-0.4, -0.2) is 33.6 Å². The lowest BCUT2D eigenvalue weighted by molar-refractivity contribution is -0.113. The maximum absolute atomic E-state index is 13.3. The third kappa shape index (κ3) is 5.87. The zero-order valence-electron chi connectivity index (χ0n) is 23.3. The van der Waals surface area contributed by atoms with Crippen LogP contribution >= 0.6 is 11.6 Å². The monoisotopic (exact) mass is 601 g/mol. The number of nitrogens with one attached hydrogen (secondary N) is 2. The maximum atomic E-state index is 13.3. The number of nitrogens with zero attached hydrogens (tertiary/aromatic N) is 5. The van der Waals surface area contributed by atoms with Crippen molar-refractivity contribution < 1.29 is 14.7 Å². The normalized spacial score (nSPS) is 14.5. The molecule has 4 aromatic carbocycles. The number of azo groups is 1. The van der Waals surface area contributed by atoms with E-state index in [0.29, 0.717) is 33.5 Å². The molecule has 1 aliphatic rings. The van der Waals surface area contributed by atoms with Gasteiger partial charge in [0.25, 0.3) is 11.8 Å². The van der Waals surface area contributed by atoms with Crippen LogP contribution in [-0.2, 0) is 4.79 Å². The van der Waals surface area contributed by atoms with Crippen molar-refractivity contribution in [2.45, 2.75) is 6.92 Å². The summed E-state index contributed by atoms with van der Waals surface area (Å²) >= 11 is 5.94. The first-order valence-corrected chi connectivity index (χ1v) is 13.9. The van der Waals surface area contributed by atoms with Crippen molar-refractivity contribution in [3.05, 3.63) is 131 Å². The highest BCUT2D eigenvalue weighted by Gasteiger charge is 2.29. The van der Waals surface area contributed by atoms with Gasteiger partial charge in [-0.1, -0.05) is 41.9 Å². The number of rotatable bonds is 6. The Morgan fingerprint density at radius 1 is 0.977 bits per heavy atom. The molecule has 44 heavy (non-hydrogen) atoms. The molecule has 2 heterocycles. The Hall–Kier alpha value is -5.87. The minimum Gasteiger partial charge on any atom is -0.507 e. The third-order valence-corrected chi connectivity index (χ3v) is 7.08. The molecule has 0 bridgehead atoms. The first kappa shape index (κ1) is 28.3. The van der Waals surface area contributed by atoms with Gasteiger partial charge in [-0.3, -0.25) is 14.5 Å². The topological polar surface area (TPSA) is 135 Å². The Morgan fingerprint density at radius 2 is 1.70 bits per heavy atom. The van der Waals surface area contributed by atoms with E-state index in [1.807, 2.05) is 30.5 Å². The number of hydrogen-bond donors (Lipinski definition) is 3. The average Bonchev–Trinajstić information content (AvgIpc) is 3.57. The number of benzene rings is 4. The van der Waals surface area contributed by atoms with Crippen LogP contribution in [0.4, 0.5) is 11.4 Å². The lowest BCUT2D eigenvalue weighted by Crippen LogP contribution is -2.30. The smallest absolute Gasteiger partial charge is 0.282 e. The number of aliphatic imine (C=N–C) groups is 1. The number of aromatic nitrogens is 1. The number of hydrazone groups is 1. The second-order valence-corrected chi connectivity index (χ2v) is 10.2. The standard InChI is InChI=1S/C33H24ClN7O3/c1-20-36-29(18-22-19-35-28-8-4-2-6-26(22)28)33(44)41(20)25-16-10-21(11-17-25)32(43)40-39-31(27-7-3-5-9-30(27)42)38-37-24-14-12-23(34)13-15-24/h2-19,35,42H,1H3,(H,40,43)/b29-18+,38-37?,39-31-. The number of H-pyrrole nitrogens is 1. The number of carbonyl (C=O) groups is 2.